The van der Waals surface area contributed by atoms with Crippen LogP contribution < -0.4 is 19.3 Å². The number of hydrogen-bond donors (Lipinski definition) is 3. The number of carboxylic acids is 3. The number of aliphatic imine (C=N–C) groups is 1. The van der Waals surface area contributed by atoms with Crippen molar-refractivity contribution in [1.29, 1.82) is 0 Å². The number of carbonyl (C=O) groups is 5. The van der Waals surface area contributed by atoms with Crippen molar-refractivity contribution < 1.29 is 75.8 Å². The summed E-state index contributed by atoms with van der Waals surface area (Å²) in [5.74, 6) is -7.69. The van der Waals surface area contributed by atoms with Crippen molar-refractivity contribution in [3.05, 3.63) is 148 Å². The summed E-state index contributed by atoms with van der Waals surface area (Å²) in [5, 5.41) is 28.7. The summed E-state index contributed by atoms with van der Waals surface area (Å²) >= 11 is 0. The highest BCUT2D eigenvalue weighted by Gasteiger charge is 2.44. The molecule has 70 heavy (non-hydrogen) atoms. The van der Waals surface area contributed by atoms with E-state index < -0.39 is 71.6 Å². The topological polar surface area (TPSA) is 205 Å². The van der Waals surface area contributed by atoms with Crippen LogP contribution in [0.3, 0.4) is 0 Å². The second-order valence-corrected chi connectivity index (χ2v) is 16.2. The predicted molar refractivity (Wildman–Crippen MR) is 246 cm³/mol. The maximum Gasteiger partial charge on any atom is 0.416 e. The van der Waals surface area contributed by atoms with E-state index in [0.717, 1.165) is 28.9 Å². The fourth-order valence-corrected chi connectivity index (χ4v) is 7.67. The lowest BCUT2D eigenvalue weighted by molar-refractivity contribution is -0.166. The molecule has 2 heterocycles. The van der Waals surface area contributed by atoms with Crippen LogP contribution in [0.1, 0.15) is 55.9 Å². The highest BCUT2D eigenvalue weighted by molar-refractivity contribution is 6.03. The van der Waals surface area contributed by atoms with Crippen molar-refractivity contribution in [3.8, 4) is 11.5 Å². The van der Waals surface area contributed by atoms with E-state index in [1.807, 2.05) is 29.2 Å². The van der Waals surface area contributed by atoms with Crippen molar-refractivity contribution in [2.75, 3.05) is 50.2 Å². The first-order chi connectivity index (χ1) is 33.2. The summed E-state index contributed by atoms with van der Waals surface area (Å²) in [5.41, 5.74) is 1.98. The Morgan fingerprint density at radius 1 is 0.671 bits per heavy atom. The first-order valence-corrected chi connectivity index (χ1v) is 21.5. The van der Waals surface area contributed by atoms with Crippen LogP contribution in [0, 0.1) is 25.6 Å². The van der Waals surface area contributed by atoms with Crippen LogP contribution in [0.4, 0.5) is 34.6 Å². The quantitative estimate of drug-likeness (QED) is 0.0752. The molecule has 20 heteroatoms. The zero-order chi connectivity index (χ0) is 51.0. The van der Waals surface area contributed by atoms with E-state index in [1.54, 1.807) is 51.3 Å². The minimum absolute atomic E-state index is 0.0192. The minimum atomic E-state index is -4.67. The highest BCUT2D eigenvalue weighted by atomic mass is 19.4. The van der Waals surface area contributed by atoms with Crippen LogP contribution in [0.15, 0.2) is 114 Å². The van der Waals surface area contributed by atoms with E-state index in [4.69, 9.17) is 18.9 Å². The monoisotopic (exact) mass is 972 g/mol. The summed E-state index contributed by atoms with van der Waals surface area (Å²) in [6.45, 7) is 6.82. The van der Waals surface area contributed by atoms with E-state index in [0.29, 0.717) is 31.9 Å². The molecule has 0 radical (unpaired) electrons. The van der Waals surface area contributed by atoms with Crippen molar-refractivity contribution in [3.63, 3.8) is 0 Å². The number of methoxy groups -OCH3 is 2. The number of esters is 2. The number of rotatable bonds is 13. The Balaban J connectivity index is 0.000000250. The van der Waals surface area contributed by atoms with Gasteiger partial charge in [0.25, 0.3) is 0 Å². The first-order valence-electron chi connectivity index (χ1n) is 21.5. The molecule has 0 bridgehead atoms. The molecule has 16 nitrogen and oxygen atoms in total. The Labute approximate surface area is 398 Å². The molecule has 0 amide bonds. The van der Waals surface area contributed by atoms with Crippen LogP contribution in [0.25, 0.3) is 0 Å². The Kier molecular flexibility index (Phi) is 16.0. The molecule has 0 aromatic heterocycles. The largest absolute Gasteiger partial charge is 0.497 e. The Bertz CT molecular complexity index is 2690. The summed E-state index contributed by atoms with van der Waals surface area (Å²) in [6.07, 6.45) is -9.12. The molecule has 2 aliphatic rings. The van der Waals surface area contributed by atoms with Gasteiger partial charge in [-0.05, 0) is 81.4 Å². The number of halogens is 4. The number of aryl methyl sites for hydroxylation is 2. The first kappa shape index (κ1) is 51.2. The molecular formula is C50H48F4N4O12. The molecule has 7 rings (SSSR count). The van der Waals surface area contributed by atoms with E-state index in [9.17, 15) is 52.5 Å². The van der Waals surface area contributed by atoms with Crippen molar-refractivity contribution in [1.82, 2.24) is 4.90 Å². The number of nitrogens with zero attached hydrogens (tertiary/aromatic N) is 4. The van der Waals surface area contributed by atoms with Crippen LogP contribution in [-0.4, -0.2) is 109 Å². The number of guanidine groups is 1. The van der Waals surface area contributed by atoms with Gasteiger partial charge in [-0.2, -0.15) is 13.2 Å². The molecule has 0 spiro atoms. The molecule has 5 aromatic carbocycles. The number of alkyl halides is 3. The highest BCUT2D eigenvalue weighted by Crippen LogP contribution is 2.47. The lowest BCUT2D eigenvalue weighted by Crippen LogP contribution is -2.56. The van der Waals surface area contributed by atoms with Gasteiger partial charge in [0.2, 0.25) is 18.2 Å². The van der Waals surface area contributed by atoms with Gasteiger partial charge in [-0.1, -0.05) is 53.6 Å². The van der Waals surface area contributed by atoms with Gasteiger partial charge in [0.15, 0.2) is 0 Å². The fourth-order valence-electron chi connectivity index (χ4n) is 7.67. The summed E-state index contributed by atoms with van der Waals surface area (Å²) < 4.78 is 77.4. The Morgan fingerprint density at radius 2 is 1.20 bits per heavy atom. The molecule has 368 valence electrons. The van der Waals surface area contributed by atoms with Gasteiger partial charge in [0.05, 0.1) is 48.6 Å². The average molecular weight is 973 g/mol. The second kappa shape index (κ2) is 21.9. The number of benzene rings is 5. The molecule has 3 N–H and O–H groups in total. The van der Waals surface area contributed by atoms with Gasteiger partial charge in [0.1, 0.15) is 23.0 Å². The number of carbonyl (C=O) groups excluding carboxylic acids is 2. The molecule has 5 aromatic rings. The van der Waals surface area contributed by atoms with E-state index in [1.165, 1.54) is 61.4 Å². The standard InChI is InChI=1S/C30H30F4N4O4.C20H18O8/c1-18(28(39)40)27-22-8-5-9-23(31)26(22)35-29(38(27)24-16-19(30(32,33)34)10-11-25(24)42-3)37-14-12-36(13-15-37)20-6-4-7-21(17-20)41-2;1-11-3-7-13(8-4-11)19(25)27-15(17(21)22)16(18(23)24)28-20(26)14-9-5-12(2)6-10-14/h4-11,16-18,27H,12-15H2,1-3H3,(H,39,40);3-10,15-16H,1-2H3,(H,21,22)(H,23,24)/t;15-,16-/m.1/s1. The number of fused-ring (bicyclic) bond motifs is 1. The Morgan fingerprint density at radius 3 is 1.69 bits per heavy atom. The number of aliphatic carboxylic acids is 3. The van der Waals surface area contributed by atoms with Gasteiger partial charge in [-0.3, -0.25) is 4.79 Å². The molecular weight excluding hydrogens is 925 g/mol. The SMILES string of the molecule is COc1cccc(N2CCN(C3=Nc4c(F)cccc4C(C(C)C(=O)O)N3c3cc(C(F)(F)F)ccc3OC)CC2)c1.Cc1ccc(C(=O)O[C@@H](C(=O)O)[C@@H](OC(=O)c2ccc(C)cc2)C(=O)O)cc1. The van der Waals surface area contributed by atoms with Crippen LogP contribution >= 0.6 is 0 Å². The third-order valence-electron chi connectivity index (χ3n) is 11.5. The third kappa shape index (κ3) is 11.7. The zero-order valence-corrected chi connectivity index (χ0v) is 38.3. The van der Waals surface area contributed by atoms with Gasteiger partial charge in [-0.15, -0.1) is 0 Å². The molecule has 4 atom stereocenters. The van der Waals surface area contributed by atoms with Crippen LogP contribution in [-0.2, 0) is 30.0 Å². The number of para-hydroxylation sites is 1. The van der Waals surface area contributed by atoms with E-state index in [2.05, 4.69) is 9.89 Å². The summed E-state index contributed by atoms with van der Waals surface area (Å²) in [4.78, 5) is 69.8. The third-order valence-corrected chi connectivity index (χ3v) is 11.5. The number of ether oxygens (including phenoxy) is 4. The Hall–Kier alpha value is -8.16. The summed E-state index contributed by atoms with van der Waals surface area (Å²) in [7, 11) is 2.91. The number of piperazine rings is 1. The molecule has 1 saturated heterocycles. The smallest absolute Gasteiger partial charge is 0.416 e. The molecule has 1 fully saturated rings. The minimum Gasteiger partial charge on any atom is -0.497 e. The lowest BCUT2D eigenvalue weighted by Gasteiger charge is -2.46. The van der Waals surface area contributed by atoms with Gasteiger partial charge in [0, 0.05) is 43.5 Å². The van der Waals surface area contributed by atoms with Crippen LogP contribution in [0.5, 0.6) is 11.5 Å². The zero-order valence-electron chi connectivity index (χ0n) is 38.3. The number of anilines is 2. The maximum absolute atomic E-state index is 15.2. The van der Waals surface area contributed by atoms with Crippen molar-refractivity contribution >= 4 is 52.9 Å². The number of hydrogen-bond acceptors (Lipinski definition) is 13. The van der Waals surface area contributed by atoms with Gasteiger partial charge < -0.3 is 49.0 Å². The average Bonchev–Trinajstić information content (AvgIpc) is 3.34. The normalized spacial score (nSPS) is 15.7. The second-order valence-electron chi connectivity index (χ2n) is 16.2. The van der Waals surface area contributed by atoms with Crippen molar-refractivity contribution in [2.45, 2.75) is 45.2 Å². The fraction of sp³-hybridized carbons (Fsp3) is 0.280. The molecule has 0 saturated carbocycles. The molecule has 0 aliphatic carbocycles. The van der Waals surface area contributed by atoms with Gasteiger partial charge >= 0.3 is 36.0 Å². The number of carboxylic acid groups (broad SMARTS) is 3. The molecule has 2 aliphatic heterocycles. The van der Waals surface area contributed by atoms with Crippen LogP contribution in [0.2, 0.25) is 0 Å². The van der Waals surface area contributed by atoms with E-state index >= 15 is 4.39 Å². The predicted octanol–water partition coefficient (Wildman–Crippen LogP) is 8.18. The maximum atomic E-state index is 15.2. The summed E-state index contributed by atoms with van der Waals surface area (Å²) in [6, 6.07) is 25.8. The van der Waals surface area contributed by atoms with Gasteiger partial charge in [-0.25, -0.2) is 28.6 Å². The molecule has 2 unspecified atom stereocenters. The lowest BCUT2D eigenvalue weighted by atomic mass is 9.89. The van der Waals surface area contributed by atoms with E-state index in [-0.39, 0.29) is 39.8 Å². The van der Waals surface area contributed by atoms with Crippen molar-refractivity contribution in [2.24, 2.45) is 10.9 Å².